The third-order valence-corrected chi connectivity index (χ3v) is 5.22. The van der Waals surface area contributed by atoms with Crippen molar-refractivity contribution in [3.05, 3.63) is 29.8 Å². The molecular weight excluding hydrogens is 274 g/mol. The number of rotatable bonds is 4. The summed E-state index contributed by atoms with van der Waals surface area (Å²) >= 11 is 0. The molecule has 2 saturated carbocycles. The van der Waals surface area contributed by atoms with Gasteiger partial charge in [-0.1, -0.05) is 37.5 Å². The van der Waals surface area contributed by atoms with Gasteiger partial charge in [0, 0.05) is 12.1 Å². The highest BCUT2D eigenvalue weighted by molar-refractivity contribution is 5.32. The molecule has 3 heteroatoms. The second-order valence-corrected chi connectivity index (χ2v) is 6.95. The fourth-order valence-electron chi connectivity index (χ4n) is 3.87. The lowest BCUT2D eigenvalue weighted by Gasteiger charge is -2.38. The van der Waals surface area contributed by atoms with Gasteiger partial charge in [0.1, 0.15) is 18.0 Å². The molecule has 0 saturated heterocycles. The third kappa shape index (κ3) is 3.82. The molecule has 1 aromatic carbocycles. The van der Waals surface area contributed by atoms with E-state index in [1.54, 1.807) is 0 Å². The van der Waals surface area contributed by atoms with E-state index in [1.807, 2.05) is 18.2 Å². The van der Waals surface area contributed by atoms with E-state index >= 15 is 0 Å². The molecule has 3 atom stereocenters. The number of aliphatic hydroxyl groups excluding tert-OH is 1. The molecule has 0 bridgehead atoms. The van der Waals surface area contributed by atoms with Gasteiger partial charge in [-0.3, -0.25) is 0 Å². The highest BCUT2D eigenvalue weighted by Crippen LogP contribution is 2.28. The molecule has 0 unspecified atom stereocenters. The normalized spacial score (nSPS) is 30.2. The fourth-order valence-corrected chi connectivity index (χ4v) is 3.87. The van der Waals surface area contributed by atoms with Crippen LogP contribution in [0.3, 0.4) is 0 Å². The number of hydrogen-bond donors (Lipinski definition) is 2. The summed E-state index contributed by atoms with van der Waals surface area (Å²) in [4.78, 5) is 0. The molecule has 122 valence electrons. The van der Waals surface area contributed by atoms with Crippen molar-refractivity contribution < 1.29 is 9.84 Å². The van der Waals surface area contributed by atoms with Gasteiger partial charge in [0.15, 0.2) is 0 Å². The van der Waals surface area contributed by atoms with Crippen molar-refractivity contribution in [1.82, 2.24) is 5.32 Å². The molecule has 3 rings (SSSR count). The Morgan fingerprint density at radius 1 is 1.00 bits per heavy atom. The van der Waals surface area contributed by atoms with Crippen LogP contribution in [0.5, 0.6) is 5.75 Å². The fraction of sp³-hybridized carbons (Fsp3) is 0.684. The maximum atomic E-state index is 10.7. The standard InChI is InChI=1S/C19H29NO2/c1-14-8-5-6-12-17(14)22-18-13-7-11-16(19(18)21)20-15-9-3-2-4-10-15/h5-6,8,12,15-16,18-21H,2-4,7,9-11,13H2,1H3/t16-,18+,19+/m0/s1. The molecule has 2 N–H and O–H groups in total. The summed E-state index contributed by atoms with van der Waals surface area (Å²) in [6.45, 7) is 2.06. The van der Waals surface area contributed by atoms with E-state index in [0.29, 0.717) is 6.04 Å². The van der Waals surface area contributed by atoms with Crippen LogP contribution in [0.25, 0.3) is 0 Å². The van der Waals surface area contributed by atoms with Crippen LogP contribution in [0, 0.1) is 6.92 Å². The average molecular weight is 303 g/mol. The van der Waals surface area contributed by atoms with Crippen molar-refractivity contribution in [2.45, 2.75) is 82.6 Å². The Morgan fingerprint density at radius 2 is 1.77 bits per heavy atom. The predicted octanol–water partition coefficient (Wildman–Crippen LogP) is 3.58. The third-order valence-electron chi connectivity index (χ3n) is 5.22. The molecule has 1 aromatic rings. The first kappa shape index (κ1) is 15.8. The van der Waals surface area contributed by atoms with Gasteiger partial charge in [0.05, 0.1) is 0 Å². The Bertz CT molecular complexity index is 470. The van der Waals surface area contributed by atoms with E-state index in [4.69, 9.17) is 4.74 Å². The maximum absolute atomic E-state index is 10.7. The van der Waals surface area contributed by atoms with Crippen LogP contribution in [0.2, 0.25) is 0 Å². The molecule has 0 amide bonds. The SMILES string of the molecule is Cc1ccccc1O[C@@H]1CCC[C@H](NC2CCCCC2)[C@H]1O. The maximum Gasteiger partial charge on any atom is 0.126 e. The lowest BCUT2D eigenvalue weighted by molar-refractivity contribution is -0.0194. The van der Waals surface area contributed by atoms with E-state index in [0.717, 1.165) is 30.6 Å². The number of aliphatic hydroxyl groups is 1. The average Bonchev–Trinajstić information content (AvgIpc) is 2.54. The van der Waals surface area contributed by atoms with Gasteiger partial charge in [-0.05, 0) is 50.7 Å². The van der Waals surface area contributed by atoms with Gasteiger partial charge < -0.3 is 15.2 Å². The Hall–Kier alpha value is -1.06. The number of hydrogen-bond acceptors (Lipinski definition) is 3. The van der Waals surface area contributed by atoms with Crippen molar-refractivity contribution in [2.75, 3.05) is 0 Å². The van der Waals surface area contributed by atoms with Crippen molar-refractivity contribution in [3.8, 4) is 5.75 Å². The minimum atomic E-state index is -0.407. The molecule has 2 fully saturated rings. The Morgan fingerprint density at radius 3 is 2.55 bits per heavy atom. The Labute approximate surface area is 134 Å². The Kier molecular flexibility index (Phi) is 5.37. The number of aryl methyl sites for hydroxylation is 1. The van der Waals surface area contributed by atoms with E-state index < -0.39 is 6.10 Å². The van der Waals surface area contributed by atoms with Crippen molar-refractivity contribution in [2.24, 2.45) is 0 Å². The minimum absolute atomic E-state index is 0.0871. The molecule has 0 heterocycles. The second-order valence-electron chi connectivity index (χ2n) is 6.95. The van der Waals surface area contributed by atoms with Crippen molar-refractivity contribution >= 4 is 0 Å². The topological polar surface area (TPSA) is 41.5 Å². The number of benzene rings is 1. The molecule has 0 aliphatic heterocycles. The molecule has 2 aliphatic carbocycles. The summed E-state index contributed by atoms with van der Waals surface area (Å²) in [5.41, 5.74) is 1.14. The highest BCUT2D eigenvalue weighted by Gasteiger charge is 2.34. The summed E-state index contributed by atoms with van der Waals surface area (Å²) in [7, 11) is 0. The van der Waals surface area contributed by atoms with Crippen LogP contribution in [0.1, 0.15) is 56.9 Å². The summed E-state index contributed by atoms with van der Waals surface area (Å²) in [6.07, 6.45) is 9.16. The van der Waals surface area contributed by atoms with E-state index in [2.05, 4.69) is 18.3 Å². The highest BCUT2D eigenvalue weighted by atomic mass is 16.5. The van der Waals surface area contributed by atoms with E-state index in [-0.39, 0.29) is 12.1 Å². The van der Waals surface area contributed by atoms with Crippen LogP contribution in [0.4, 0.5) is 0 Å². The van der Waals surface area contributed by atoms with Crippen LogP contribution in [-0.2, 0) is 0 Å². The zero-order valence-corrected chi connectivity index (χ0v) is 13.6. The number of ether oxygens (including phenoxy) is 1. The van der Waals surface area contributed by atoms with Gasteiger partial charge in [-0.15, -0.1) is 0 Å². The molecular formula is C19H29NO2. The van der Waals surface area contributed by atoms with Crippen LogP contribution in [-0.4, -0.2) is 29.4 Å². The molecule has 3 nitrogen and oxygen atoms in total. The summed E-state index contributed by atoms with van der Waals surface area (Å²) in [6, 6.07) is 8.85. The van der Waals surface area contributed by atoms with Crippen LogP contribution < -0.4 is 10.1 Å². The van der Waals surface area contributed by atoms with E-state index in [1.165, 1.54) is 32.1 Å². The summed E-state index contributed by atoms with van der Waals surface area (Å²) in [5, 5.41) is 14.4. The number of para-hydroxylation sites is 1. The van der Waals surface area contributed by atoms with E-state index in [9.17, 15) is 5.11 Å². The zero-order chi connectivity index (χ0) is 15.4. The quantitative estimate of drug-likeness (QED) is 0.893. The lowest BCUT2D eigenvalue weighted by Crippen LogP contribution is -2.54. The first-order chi connectivity index (χ1) is 10.7. The Balaban J connectivity index is 1.59. The molecule has 2 aliphatic rings. The van der Waals surface area contributed by atoms with Gasteiger partial charge in [0.2, 0.25) is 0 Å². The van der Waals surface area contributed by atoms with Crippen LogP contribution >= 0.6 is 0 Å². The summed E-state index contributed by atoms with van der Waals surface area (Å²) < 4.78 is 6.13. The summed E-state index contributed by atoms with van der Waals surface area (Å²) in [5.74, 6) is 0.907. The second kappa shape index (κ2) is 7.47. The smallest absolute Gasteiger partial charge is 0.126 e. The molecule has 22 heavy (non-hydrogen) atoms. The van der Waals surface area contributed by atoms with Crippen molar-refractivity contribution in [1.29, 1.82) is 0 Å². The van der Waals surface area contributed by atoms with Crippen LogP contribution in [0.15, 0.2) is 24.3 Å². The first-order valence-electron chi connectivity index (χ1n) is 8.90. The van der Waals surface area contributed by atoms with Gasteiger partial charge in [0.25, 0.3) is 0 Å². The van der Waals surface area contributed by atoms with Crippen molar-refractivity contribution in [3.63, 3.8) is 0 Å². The zero-order valence-electron chi connectivity index (χ0n) is 13.6. The van der Waals surface area contributed by atoms with Gasteiger partial charge in [-0.2, -0.15) is 0 Å². The largest absolute Gasteiger partial charge is 0.487 e. The molecule has 0 radical (unpaired) electrons. The first-order valence-corrected chi connectivity index (χ1v) is 8.90. The predicted molar refractivity (Wildman–Crippen MR) is 89.2 cm³/mol. The van der Waals surface area contributed by atoms with Gasteiger partial charge >= 0.3 is 0 Å². The molecule has 0 spiro atoms. The monoisotopic (exact) mass is 303 g/mol. The number of nitrogens with one attached hydrogen (secondary N) is 1. The van der Waals surface area contributed by atoms with Gasteiger partial charge in [-0.25, -0.2) is 0 Å². The minimum Gasteiger partial charge on any atom is -0.487 e. The lowest BCUT2D eigenvalue weighted by atomic mass is 9.87. The molecule has 0 aromatic heterocycles.